The standard InChI is InChI=1S/C26H30N2O5/c1-16-14-28(12-11-18(16)25(30)31)24(29)13-17(2)27-26(32)33-15-23-21-9-5-3-7-19(21)20-8-4-6-10-22(20)23/h3-10,16-18,23H,11-15H2,1-2H3,(H,27,32)(H,30,31). The van der Waals surface area contributed by atoms with E-state index in [0.29, 0.717) is 19.5 Å². The molecule has 0 bridgehead atoms. The molecule has 2 aromatic carbocycles. The van der Waals surface area contributed by atoms with Crippen LogP contribution in [0.1, 0.15) is 43.7 Å². The highest BCUT2D eigenvalue weighted by molar-refractivity contribution is 5.80. The third-order valence-electron chi connectivity index (χ3n) is 6.76. The number of carboxylic acids is 1. The lowest BCUT2D eigenvalue weighted by molar-refractivity contribution is -0.148. The first-order valence-electron chi connectivity index (χ1n) is 11.5. The van der Waals surface area contributed by atoms with E-state index in [9.17, 15) is 19.5 Å². The van der Waals surface area contributed by atoms with Crippen molar-refractivity contribution in [2.75, 3.05) is 19.7 Å². The van der Waals surface area contributed by atoms with Crippen LogP contribution in [-0.4, -0.2) is 53.7 Å². The van der Waals surface area contributed by atoms with Gasteiger partial charge >= 0.3 is 12.1 Å². The molecule has 7 heteroatoms. The number of piperidine rings is 1. The summed E-state index contributed by atoms with van der Waals surface area (Å²) in [6.07, 6.45) is 0.0561. The van der Waals surface area contributed by atoms with Crippen LogP contribution in [0.3, 0.4) is 0 Å². The highest BCUT2D eigenvalue weighted by Crippen LogP contribution is 2.44. The summed E-state index contributed by atoms with van der Waals surface area (Å²) in [5.41, 5.74) is 4.63. The topological polar surface area (TPSA) is 95.9 Å². The van der Waals surface area contributed by atoms with Crippen LogP contribution in [-0.2, 0) is 14.3 Å². The lowest BCUT2D eigenvalue weighted by Gasteiger charge is -2.35. The Bertz CT molecular complexity index is 1010. The second-order valence-electron chi connectivity index (χ2n) is 9.13. The van der Waals surface area contributed by atoms with Gasteiger partial charge in [-0.1, -0.05) is 55.5 Å². The lowest BCUT2D eigenvalue weighted by Crippen LogP contribution is -2.47. The van der Waals surface area contributed by atoms with E-state index in [1.54, 1.807) is 11.8 Å². The van der Waals surface area contributed by atoms with E-state index in [-0.39, 0.29) is 36.8 Å². The predicted molar refractivity (Wildman–Crippen MR) is 124 cm³/mol. The molecule has 33 heavy (non-hydrogen) atoms. The van der Waals surface area contributed by atoms with Crippen molar-refractivity contribution in [2.45, 2.75) is 38.6 Å². The maximum Gasteiger partial charge on any atom is 0.407 e. The third kappa shape index (κ3) is 4.87. The lowest BCUT2D eigenvalue weighted by atomic mass is 9.87. The minimum absolute atomic E-state index is 0.0166. The van der Waals surface area contributed by atoms with Crippen molar-refractivity contribution in [3.63, 3.8) is 0 Å². The largest absolute Gasteiger partial charge is 0.481 e. The number of ether oxygens (including phenoxy) is 1. The van der Waals surface area contributed by atoms with Crippen LogP contribution in [0.15, 0.2) is 48.5 Å². The summed E-state index contributed by atoms with van der Waals surface area (Å²) in [6.45, 7) is 4.70. The summed E-state index contributed by atoms with van der Waals surface area (Å²) in [6, 6.07) is 15.9. The van der Waals surface area contributed by atoms with Gasteiger partial charge in [0.25, 0.3) is 0 Å². The normalized spacial score (nSPS) is 20.5. The van der Waals surface area contributed by atoms with Crippen molar-refractivity contribution >= 4 is 18.0 Å². The van der Waals surface area contributed by atoms with Gasteiger partial charge in [-0.25, -0.2) is 4.79 Å². The van der Waals surface area contributed by atoms with Crippen LogP contribution in [0.25, 0.3) is 11.1 Å². The molecule has 1 saturated heterocycles. The summed E-state index contributed by atoms with van der Waals surface area (Å²) in [7, 11) is 0. The molecule has 2 aromatic rings. The average molecular weight is 451 g/mol. The highest BCUT2D eigenvalue weighted by Gasteiger charge is 2.33. The molecule has 4 rings (SSSR count). The number of benzene rings is 2. The van der Waals surface area contributed by atoms with Gasteiger partial charge in [0.2, 0.25) is 5.91 Å². The summed E-state index contributed by atoms with van der Waals surface area (Å²) < 4.78 is 5.55. The van der Waals surface area contributed by atoms with Gasteiger partial charge in [-0.05, 0) is 41.5 Å². The Morgan fingerprint density at radius 1 is 1.09 bits per heavy atom. The maximum absolute atomic E-state index is 12.6. The molecule has 2 amide bonds. The number of nitrogens with zero attached hydrogens (tertiary/aromatic N) is 1. The molecule has 0 radical (unpaired) electrons. The fourth-order valence-electron chi connectivity index (χ4n) is 5.02. The Kier molecular flexibility index (Phi) is 6.67. The molecule has 174 valence electrons. The predicted octanol–water partition coefficient (Wildman–Crippen LogP) is 3.87. The van der Waals surface area contributed by atoms with Crippen LogP contribution >= 0.6 is 0 Å². The smallest absolute Gasteiger partial charge is 0.407 e. The molecule has 1 aliphatic heterocycles. The Hall–Kier alpha value is -3.35. The molecule has 0 spiro atoms. The fraction of sp³-hybridized carbons (Fsp3) is 0.423. The molecule has 0 aromatic heterocycles. The fourth-order valence-corrected chi connectivity index (χ4v) is 5.02. The van der Waals surface area contributed by atoms with Crippen molar-refractivity contribution < 1.29 is 24.2 Å². The molecule has 3 atom stereocenters. The Labute approximate surface area is 193 Å². The number of fused-ring (bicyclic) bond motifs is 3. The molecule has 2 N–H and O–H groups in total. The quantitative estimate of drug-likeness (QED) is 0.697. The summed E-state index contributed by atoms with van der Waals surface area (Å²) in [4.78, 5) is 38.0. The average Bonchev–Trinajstić information content (AvgIpc) is 3.11. The Morgan fingerprint density at radius 2 is 1.70 bits per heavy atom. The number of carbonyl (C=O) groups is 3. The molecule has 1 heterocycles. The van der Waals surface area contributed by atoms with Gasteiger partial charge in [-0.15, -0.1) is 0 Å². The van der Waals surface area contributed by atoms with E-state index in [0.717, 1.165) is 11.1 Å². The van der Waals surface area contributed by atoms with Crippen molar-refractivity contribution in [3.05, 3.63) is 59.7 Å². The van der Waals surface area contributed by atoms with Gasteiger partial charge < -0.3 is 20.1 Å². The Morgan fingerprint density at radius 3 is 2.27 bits per heavy atom. The van der Waals surface area contributed by atoms with Crippen molar-refractivity contribution in [2.24, 2.45) is 11.8 Å². The number of hydrogen-bond donors (Lipinski definition) is 2. The number of amides is 2. The van der Waals surface area contributed by atoms with Crippen LogP contribution in [0.2, 0.25) is 0 Å². The molecule has 2 aliphatic rings. The third-order valence-corrected chi connectivity index (χ3v) is 6.76. The molecule has 1 fully saturated rings. The number of likely N-dealkylation sites (tertiary alicyclic amines) is 1. The van der Waals surface area contributed by atoms with E-state index in [1.807, 2.05) is 31.2 Å². The zero-order valence-electron chi connectivity index (χ0n) is 19.0. The van der Waals surface area contributed by atoms with Crippen LogP contribution in [0.5, 0.6) is 0 Å². The number of carboxylic acid groups (broad SMARTS) is 1. The number of aliphatic carboxylic acids is 1. The number of carbonyl (C=O) groups excluding carboxylic acids is 2. The highest BCUT2D eigenvalue weighted by atomic mass is 16.5. The first kappa shape index (κ1) is 22.8. The molecule has 3 unspecified atom stereocenters. The van der Waals surface area contributed by atoms with Crippen molar-refractivity contribution in [3.8, 4) is 11.1 Å². The van der Waals surface area contributed by atoms with Crippen LogP contribution < -0.4 is 5.32 Å². The van der Waals surface area contributed by atoms with E-state index in [4.69, 9.17) is 4.74 Å². The van der Waals surface area contributed by atoms with E-state index < -0.39 is 18.0 Å². The number of hydrogen-bond acceptors (Lipinski definition) is 4. The van der Waals surface area contributed by atoms with E-state index >= 15 is 0 Å². The molecule has 1 aliphatic carbocycles. The molecule has 0 saturated carbocycles. The summed E-state index contributed by atoms with van der Waals surface area (Å²) >= 11 is 0. The number of nitrogens with one attached hydrogen (secondary N) is 1. The summed E-state index contributed by atoms with van der Waals surface area (Å²) in [5.74, 6) is -1.41. The summed E-state index contributed by atoms with van der Waals surface area (Å²) in [5, 5.41) is 12.0. The number of alkyl carbamates (subject to hydrolysis) is 1. The van der Waals surface area contributed by atoms with E-state index in [2.05, 4.69) is 29.6 Å². The monoisotopic (exact) mass is 450 g/mol. The zero-order chi connectivity index (χ0) is 23.5. The Balaban J connectivity index is 1.28. The van der Waals surface area contributed by atoms with Crippen molar-refractivity contribution in [1.29, 1.82) is 0 Å². The van der Waals surface area contributed by atoms with Gasteiger partial charge in [-0.2, -0.15) is 0 Å². The van der Waals surface area contributed by atoms with Crippen LogP contribution in [0.4, 0.5) is 4.79 Å². The minimum atomic E-state index is -0.806. The SMILES string of the molecule is CC(CC(=O)N1CCC(C(=O)O)C(C)C1)NC(=O)OCC1c2ccccc2-c2ccccc21. The van der Waals surface area contributed by atoms with E-state index in [1.165, 1.54) is 11.1 Å². The first-order chi connectivity index (χ1) is 15.8. The maximum atomic E-state index is 12.6. The first-order valence-corrected chi connectivity index (χ1v) is 11.5. The van der Waals surface area contributed by atoms with Gasteiger partial charge in [0, 0.05) is 31.5 Å². The van der Waals surface area contributed by atoms with Crippen LogP contribution in [0, 0.1) is 11.8 Å². The van der Waals surface area contributed by atoms with Gasteiger partial charge in [0.1, 0.15) is 6.61 Å². The second kappa shape index (κ2) is 9.65. The second-order valence-corrected chi connectivity index (χ2v) is 9.13. The zero-order valence-corrected chi connectivity index (χ0v) is 19.0. The molecular weight excluding hydrogens is 420 g/mol. The van der Waals surface area contributed by atoms with Gasteiger partial charge in [-0.3, -0.25) is 9.59 Å². The van der Waals surface area contributed by atoms with Gasteiger partial charge in [0.15, 0.2) is 0 Å². The van der Waals surface area contributed by atoms with Crippen molar-refractivity contribution in [1.82, 2.24) is 10.2 Å². The molecular formula is C26H30N2O5. The van der Waals surface area contributed by atoms with Gasteiger partial charge in [0.05, 0.1) is 5.92 Å². The number of rotatable bonds is 6. The minimum Gasteiger partial charge on any atom is -0.481 e. The molecule has 7 nitrogen and oxygen atoms in total.